The van der Waals surface area contributed by atoms with Gasteiger partial charge in [0.2, 0.25) is 11.8 Å². The third-order valence-corrected chi connectivity index (χ3v) is 9.20. The molecule has 46 heavy (non-hydrogen) atoms. The second kappa shape index (κ2) is 16.0. The molecule has 0 aliphatic heterocycles. The van der Waals surface area contributed by atoms with Gasteiger partial charge >= 0.3 is 0 Å². The lowest BCUT2D eigenvalue weighted by Gasteiger charge is -2.34. The van der Waals surface area contributed by atoms with Crippen LogP contribution in [-0.4, -0.2) is 50.9 Å². The van der Waals surface area contributed by atoms with E-state index in [0.717, 1.165) is 15.4 Å². The van der Waals surface area contributed by atoms with Gasteiger partial charge in [-0.05, 0) is 79.9 Å². The molecule has 10 heteroatoms. The first kappa shape index (κ1) is 34.2. The maximum atomic E-state index is 14.4. The first-order valence-corrected chi connectivity index (χ1v) is 16.7. The van der Waals surface area contributed by atoms with Gasteiger partial charge in [0.1, 0.15) is 24.2 Å². The Balaban J connectivity index is 1.78. The molecule has 1 atom stereocenters. The molecule has 0 spiro atoms. The van der Waals surface area contributed by atoms with Gasteiger partial charge in [-0.3, -0.25) is 13.9 Å². The van der Waals surface area contributed by atoms with Crippen molar-refractivity contribution < 1.29 is 27.1 Å². The number of rotatable bonds is 15. The fraction of sp³-hybridized carbons (Fsp3) is 0.278. The number of nitrogens with zero attached hydrogens (tertiary/aromatic N) is 2. The predicted octanol–water partition coefficient (Wildman–Crippen LogP) is 5.89. The normalized spacial score (nSPS) is 11.8. The maximum absolute atomic E-state index is 14.4. The minimum absolute atomic E-state index is 0.0177. The number of hydrogen-bond donors (Lipinski definition) is 1. The molecule has 0 heterocycles. The number of sulfonamides is 1. The Morgan fingerprint density at radius 2 is 1.50 bits per heavy atom. The molecule has 8 nitrogen and oxygen atoms in total. The van der Waals surface area contributed by atoms with Crippen molar-refractivity contribution in [2.75, 3.05) is 24.0 Å². The van der Waals surface area contributed by atoms with Crippen LogP contribution in [0.25, 0.3) is 0 Å². The monoisotopic (exact) mass is 645 g/mol. The molecule has 0 saturated heterocycles. The highest BCUT2D eigenvalue weighted by Gasteiger charge is 2.34. The zero-order valence-corrected chi connectivity index (χ0v) is 27.2. The van der Waals surface area contributed by atoms with Crippen LogP contribution in [0.4, 0.5) is 10.1 Å². The van der Waals surface area contributed by atoms with Crippen LogP contribution in [0.2, 0.25) is 0 Å². The zero-order chi connectivity index (χ0) is 33.1. The van der Waals surface area contributed by atoms with Crippen LogP contribution in [-0.2, 0) is 32.6 Å². The number of hydrogen-bond acceptors (Lipinski definition) is 5. The maximum Gasteiger partial charge on any atom is 0.264 e. The van der Waals surface area contributed by atoms with Crippen LogP contribution in [0.3, 0.4) is 0 Å². The number of carbonyl (C=O) groups excluding carboxylic acids is 2. The van der Waals surface area contributed by atoms with Crippen molar-refractivity contribution in [1.29, 1.82) is 0 Å². The lowest BCUT2D eigenvalue weighted by atomic mass is 10.0. The van der Waals surface area contributed by atoms with Gasteiger partial charge in [-0.1, -0.05) is 67.1 Å². The molecule has 4 rings (SSSR count). The average Bonchev–Trinajstić information content (AvgIpc) is 3.06. The minimum atomic E-state index is -4.24. The Morgan fingerprint density at radius 1 is 0.848 bits per heavy atom. The molecule has 0 unspecified atom stereocenters. The summed E-state index contributed by atoms with van der Waals surface area (Å²) in [6.07, 6.45) is 0.886. The highest BCUT2D eigenvalue weighted by Crippen LogP contribution is 2.27. The number of aryl methyl sites for hydroxylation is 1. The van der Waals surface area contributed by atoms with Gasteiger partial charge in [0.05, 0.1) is 17.2 Å². The van der Waals surface area contributed by atoms with Crippen LogP contribution in [0.5, 0.6) is 5.75 Å². The number of anilines is 1. The molecule has 0 saturated carbocycles. The summed E-state index contributed by atoms with van der Waals surface area (Å²) in [7, 11) is -4.24. The lowest BCUT2D eigenvalue weighted by Crippen LogP contribution is -2.53. The summed E-state index contributed by atoms with van der Waals surface area (Å²) < 4.78 is 48.7. The fourth-order valence-electron chi connectivity index (χ4n) is 4.95. The van der Waals surface area contributed by atoms with E-state index in [-0.39, 0.29) is 23.8 Å². The summed E-state index contributed by atoms with van der Waals surface area (Å²) in [4.78, 5) is 29.5. The van der Waals surface area contributed by atoms with E-state index in [2.05, 4.69) is 5.32 Å². The summed E-state index contributed by atoms with van der Waals surface area (Å²) in [6.45, 7) is 5.86. The third-order valence-electron chi connectivity index (χ3n) is 7.41. The molecule has 2 amide bonds. The summed E-state index contributed by atoms with van der Waals surface area (Å²) in [5.41, 5.74) is 2.63. The fourth-order valence-corrected chi connectivity index (χ4v) is 6.36. The minimum Gasteiger partial charge on any atom is -0.494 e. The molecule has 242 valence electrons. The molecule has 1 N–H and O–H groups in total. The highest BCUT2D eigenvalue weighted by molar-refractivity contribution is 7.92. The highest BCUT2D eigenvalue weighted by atomic mass is 32.2. The van der Waals surface area contributed by atoms with Crippen molar-refractivity contribution in [1.82, 2.24) is 10.2 Å². The van der Waals surface area contributed by atoms with Crippen LogP contribution in [0, 0.1) is 12.7 Å². The van der Waals surface area contributed by atoms with Crippen molar-refractivity contribution in [2.45, 2.75) is 51.1 Å². The average molecular weight is 646 g/mol. The molecule has 0 radical (unpaired) electrons. The van der Waals surface area contributed by atoms with Gasteiger partial charge in [-0.2, -0.15) is 0 Å². The van der Waals surface area contributed by atoms with E-state index in [4.69, 9.17) is 4.74 Å². The summed E-state index contributed by atoms with van der Waals surface area (Å²) in [6, 6.07) is 26.9. The predicted molar refractivity (Wildman–Crippen MR) is 178 cm³/mol. The smallest absolute Gasteiger partial charge is 0.264 e. The van der Waals surface area contributed by atoms with E-state index < -0.39 is 34.3 Å². The Labute approximate surface area is 270 Å². The first-order chi connectivity index (χ1) is 22.1. The van der Waals surface area contributed by atoms with E-state index in [1.165, 1.54) is 29.2 Å². The van der Waals surface area contributed by atoms with E-state index in [1.807, 2.05) is 51.1 Å². The van der Waals surface area contributed by atoms with Crippen LogP contribution in [0.15, 0.2) is 108 Å². The van der Waals surface area contributed by atoms with Crippen molar-refractivity contribution in [3.8, 4) is 5.75 Å². The largest absolute Gasteiger partial charge is 0.494 e. The molecular formula is C36H40FN3O5S. The Bertz CT molecular complexity index is 1680. The molecule has 4 aromatic carbocycles. The quantitative estimate of drug-likeness (QED) is 0.174. The van der Waals surface area contributed by atoms with Gasteiger partial charge < -0.3 is 15.0 Å². The standard InChI is InChI=1S/C36H40FN3O5S/c1-4-23-38-36(42)34(24-28-9-7-6-8-10-28)39(25-29-13-15-30(37)16-14-29)35(41)26-40(31-17-11-27(3)12-18-31)46(43,44)33-21-19-32(20-22-33)45-5-2/h6-22,34H,4-5,23-26H2,1-3H3,(H,38,42)/t34-/m0/s1. The van der Waals surface area contributed by atoms with Crippen molar-refractivity contribution in [3.05, 3.63) is 126 Å². The van der Waals surface area contributed by atoms with Crippen molar-refractivity contribution >= 4 is 27.5 Å². The molecule has 0 aromatic heterocycles. The van der Waals surface area contributed by atoms with Crippen molar-refractivity contribution in [3.63, 3.8) is 0 Å². The third kappa shape index (κ3) is 8.94. The summed E-state index contributed by atoms with van der Waals surface area (Å²) >= 11 is 0. The van der Waals surface area contributed by atoms with E-state index in [9.17, 15) is 22.4 Å². The zero-order valence-electron chi connectivity index (χ0n) is 26.4. The van der Waals surface area contributed by atoms with Crippen LogP contribution < -0.4 is 14.4 Å². The SMILES string of the molecule is CCCNC(=O)[C@H](Cc1ccccc1)N(Cc1ccc(F)cc1)C(=O)CN(c1ccc(C)cc1)S(=O)(=O)c1ccc(OCC)cc1. The number of benzene rings is 4. The number of amides is 2. The Hall–Kier alpha value is -4.70. The Morgan fingerprint density at radius 3 is 2.11 bits per heavy atom. The number of carbonyl (C=O) groups is 2. The molecule has 0 fully saturated rings. The second-order valence-electron chi connectivity index (χ2n) is 10.9. The molecule has 4 aromatic rings. The van der Waals surface area contributed by atoms with Gasteiger partial charge in [0, 0.05) is 19.5 Å². The van der Waals surface area contributed by atoms with Crippen LogP contribution >= 0.6 is 0 Å². The molecule has 0 bridgehead atoms. The van der Waals surface area contributed by atoms with E-state index in [0.29, 0.717) is 36.6 Å². The lowest BCUT2D eigenvalue weighted by molar-refractivity contribution is -0.140. The molecule has 0 aliphatic rings. The van der Waals surface area contributed by atoms with Gasteiger partial charge in [0.25, 0.3) is 10.0 Å². The van der Waals surface area contributed by atoms with Gasteiger partial charge in [-0.25, -0.2) is 12.8 Å². The van der Waals surface area contributed by atoms with E-state index >= 15 is 0 Å². The van der Waals surface area contributed by atoms with E-state index in [1.54, 1.807) is 48.5 Å². The number of nitrogens with one attached hydrogen (secondary N) is 1. The first-order valence-electron chi connectivity index (χ1n) is 15.3. The molecular weight excluding hydrogens is 605 g/mol. The van der Waals surface area contributed by atoms with Gasteiger partial charge in [0.15, 0.2) is 0 Å². The second-order valence-corrected chi connectivity index (χ2v) is 12.8. The Kier molecular flexibility index (Phi) is 11.9. The topological polar surface area (TPSA) is 96.0 Å². The van der Waals surface area contributed by atoms with Gasteiger partial charge in [-0.15, -0.1) is 0 Å². The van der Waals surface area contributed by atoms with Crippen LogP contribution in [0.1, 0.15) is 37.0 Å². The number of ether oxygens (including phenoxy) is 1. The van der Waals surface area contributed by atoms with Crippen molar-refractivity contribution in [2.24, 2.45) is 0 Å². The number of halogens is 1. The summed E-state index contributed by atoms with van der Waals surface area (Å²) in [5, 5.41) is 2.91. The molecule has 0 aliphatic carbocycles. The summed E-state index contributed by atoms with van der Waals surface area (Å²) in [5.74, 6) is -0.869.